The predicted molar refractivity (Wildman–Crippen MR) is 137 cm³/mol. The fourth-order valence-electron chi connectivity index (χ4n) is 3.99. The van der Waals surface area contributed by atoms with Crippen LogP contribution in [0.25, 0.3) is 0 Å². The van der Waals surface area contributed by atoms with Crippen molar-refractivity contribution in [3.63, 3.8) is 0 Å². The molecule has 3 aromatic rings. The Balaban J connectivity index is 1.69. The van der Waals surface area contributed by atoms with Crippen LogP contribution in [0.2, 0.25) is 0 Å². The number of amides is 3. The maximum absolute atomic E-state index is 13.3. The molecule has 5 N–H and O–H groups in total. The number of phenolic OH excluding ortho intramolecular Hbond substituents is 1. The zero-order chi connectivity index (χ0) is 26.3. The molecule has 2 heterocycles. The number of aromatic nitrogens is 2. The van der Waals surface area contributed by atoms with Gasteiger partial charge in [0.1, 0.15) is 17.2 Å². The third-order valence-corrected chi connectivity index (χ3v) is 5.92. The molecule has 2 aromatic carbocycles. The lowest BCUT2D eigenvalue weighted by atomic mass is 10.1. The summed E-state index contributed by atoms with van der Waals surface area (Å²) in [6, 6.07) is 1.29. The highest BCUT2D eigenvalue weighted by atomic mass is 16.3. The van der Waals surface area contributed by atoms with Gasteiger partial charge in [0.2, 0.25) is 11.9 Å². The summed E-state index contributed by atoms with van der Waals surface area (Å²) in [4.78, 5) is 60.0. The second kappa shape index (κ2) is 9.02. The van der Waals surface area contributed by atoms with Crippen molar-refractivity contribution < 1.29 is 14.7 Å². The first-order chi connectivity index (χ1) is 17.1. The summed E-state index contributed by atoms with van der Waals surface area (Å²) in [6.07, 6.45) is 2.44. The third kappa shape index (κ3) is 3.76. The van der Waals surface area contributed by atoms with Crippen LogP contribution < -0.4 is 41.9 Å². The highest BCUT2D eigenvalue weighted by molar-refractivity contribution is 6.07. The van der Waals surface area contributed by atoms with E-state index in [-0.39, 0.29) is 35.4 Å². The molecule has 0 saturated heterocycles. The quantitative estimate of drug-likeness (QED) is 0.141. The van der Waals surface area contributed by atoms with E-state index in [1.54, 1.807) is 27.1 Å². The zero-order valence-electron chi connectivity index (χ0n) is 20.0. The zero-order valence-corrected chi connectivity index (χ0v) is 20.0. The Labute approximate surface area is 205 Å². The van der Waals surface area contributed by atoms with Gasteiger partial charge in [-0.1, -0.05) is 6.58 Å². The van der Waals surface area contributed by atoms with Gasteiger partial charge < -0.3 is 26.4 Å². The Morgan fingerprint density at radius 2 is 1.81 bits per heavy atom. The van der Waals surface area contributed by atoms with Crippen LogP contribution in [0.5, 0.6) is 5.75 Å². The van der Waals surface area contributed by atoms with Crippen molar-refractivity contribution in [1.82, 2.24) is 9.97 Å². The van der Waals surface area contributed by atoms with Crippen molar-refractivity contribution in [3.05, 3.63) is 56.5 Å². The van der Waals surface area contributed by atoms with Gasteiger partial charge >= 0.3 is 6.03 Å². The average molecular weight is 492 g/mol. The molecule has 0 bridgehead atoms. The number of aromatic hydroxyl groups is 1. The van der Waals surface area contributed by atoms with Gasteiger partial charge in [0.05, 0.1) is 17.9 Å². The molecule has 0 fully saturated rings. The highest BCUT2D eigenvalue weighted by Gasteiger charge is 2.34. The van der Waals surface area contributed by atoms with Crippen LogP contribution in [0, 0.1) is 6.92 Å². The van der Waals surface area contributed by atoms with Crippen LogP contribution in [0.4, 0.5) is 45.0 Å². The smallest absolute Gasteiger partial charge is 0.330 e. The summed E-state index contributed by atoms with van der Waals surface area (Å²) in [5, 5.41) is 21.8. The molecule has 13 heteroatoms. The van der Waals surface area contributed by atoms with Crippen LogP contribution in [0.1, 0.15) is 11.1 Å². The van der Waals surface area contributed by atoms with Gasteiger partial charge in [-0.15, -0.1) is 0 Å². The second-order valence-corrected chi connectivity index (χ2v) is 7.99. The maximum Gasteiger partial charge on any atom is 0.330 e. The van der Waals surface area contributed by atoms with Crippen LogP contribution in [-0.4, -0.2) is 48.2 Å². The van der Waals surface area contributed by atoms with Gasteiger partial charge in [0.25, 0.3) is 10.9 Å². The van der Waals surface area contributed by atoms with Gasteiger partial charge in [-0.05, 0) is 24.6 Å². The molecule has 0 spiro atoms. The fraction of sp³-hybridized carbons (Fsp3) is 0.217. The number of carbonyl (C=O) groups excluding carboxylic acids is 2. The van der Waals surface area contributed by atoms with Crippen molar-refractivity contribution >= 4 is 52.1 Å². The molecule has 0 radical (unpaired) electrons. The third-order valence-electron chi connectivity index (χ3n) is 5.92. The number of nitrogens with zero attached hydrogens (tertiary/aromatic N) is 4. The molecule has 0 aliphatic carbocycles. The molecular formula is C23H24N8O5. The topological polar surface area (TPSA) is 169 Å². The van der Waals surface area contributed by atoms with E-state index in [1.165, 1.54) is 23.0 Å². The lowest BCUT2D eigenvalue weighted by Gasteiger charge is -2.35. The van der Waals surface area contributed by atoms with Crippen LogP contribution in [-0.2, 0) is 11.3 Å². The SMILES string of the molecule is C=CC(=O)Nc1c(Nc2ncc3c(n2)N(C)C(=O)N(c2c(C)c(NC)cc(NC)c2O)C3)c(=O)c1=O. The molecule has 186 valence electrons. The maximum atomic E-state index is 13.3. The molecular weight excluding hydrogens is 468 g/mol. The van der Waals surface area contributed by atoms with Crippen molar-refractivity contribution in [2.24, 2.45) is 0 Å². The van der Waals surface area contributed by atoms with Crippen molar-refractivity contribution in [3.8, 4) is 5.75 Å². The van der Waals surface area contributed by atoms with Crippen LogP contribution in [0.3, 0.4) is 0 Å². The Morgan fingerprint density at radius 3 is 2.44 bits per heavy atom. The van der Waals surface area contributed by atoms with Crippen molar-refractivity contribution in [1.29, 1.82) is 0 Å². The average Bonchev–Trinajstić information content (AvgIpc) is 2.88. The number of anilines is 7. The van der Waals surface area contributed by atoms with Gasteiger partial charge in [-0.2, -0.15) is 4.98 Å². The van der Waals surface area contributed by atoms with E-state index in [1.807, 2.05) is 0 Å². The van der Waals surface area contributed by atoms with E-state index in [0.717, 1.165) is 11.8 Å². The number of fused-ring (bicyclic) bond motifs is 1. The molecule has 36 heavy (non-hydrogen) atoms. The number of rotatable bonds is 7. The predicted octanol–water partition coefficient (Wildman–Crippen LogP) is 1.61. The molecule has 1 aromatic heterocycles. The number of urea groups is 1. The first-order valence-electron chi connectivity index (χ1n) is 10.8. The minimum Gasteiger partial charge on any atom is -0.504 e. The van der Waals surface area contributed by atoms with Crippen LogP contribution >= 0.6 is 0 Å². The number of phenols is 1. The van der Waals surface area contributed by atoms with Gasteiger partial charge in [-0.3, -0.25) is 24.2 Å². The molecule has 3 amide bonds. The monoisotopic (exact) mass is 492 g/mol. The Morgan fingerprint density at radius 1 is 1.14 bits per heavy atom. The van der Waals surface area contributed by atoms with Crippen LogP contribution in [0.15, 0.2) is 34.5 Å². The number of hydrogen-bond donors (Lipinski definition) is 5. The Kier molecular flexibility index (Phi) is 6.06. The number of benzene rings is 1. The summed E-state index contributed by atoms with van der Waals surface area (Å²) in [7, 11) is 4.93. The van der Waals surface area contributed by atoms with E-state index in [0.29, 0.717) is 22.5 Å². The molecule has 1 aliphatic rings. The van der Waals surface area contributed by atoms with Crippen molar-refractivity contribution in [2.45, 2.75) is 13.5 Å². The van der Waals surface area contributed by atoms with E-state index < -0.39 is 22.8 Å². The number of hydrogen-bond acceptors (Lipinski definition) is 10. The number of nitrogens with one attached hydrogen (secondary N) is 4. The van der Waals surface area contributed by atoms with Gasteiger partial charge in [0, 0.05) is 38.6 Å². The standard InChI is InChI=1S/C23H24N8O5/c1-6-14(32)27-15-16(20(35)19(15)34)28-22-26-8-11-9-31(23(36)30(5)21(11)29-22)17-10(2)12(24-3)7-13(25-4)18(17)33/h6-8,24-25,33H,1,9H2,2-5H3,(H,27,32)(H,26,28,29). The molecule has 4 rings (SSSR count). The summed E-state index contributed by atoms with van der Waals surface area (Å²) in [5.74, 6) is -0.492. The fourth-order valence-corrected chi connectivity index (χ4v) is 3.99. The Bertz CT molecular complexity index is 1460. The van der Waals surface area contributed by atoms with E-state index in [2.05, 4.69) is 37.8 Å². The van der Waals surface area contributed by atoms with E-state index in [4.69, 9.17) is 0 Å². The molecule has 0 unspecified atom stereocenters. The molecule has 0 atom stereocenters. The Hall–Kier alpha value is -4.94. The minimum atomic E-state index is -0.853. The molecule has 1 aliphatic heterocycles. The van der Waals surface area contributed by atoms with Gasteiger partial charge in [-0.25, -0.2) is 9.78 Å². The highest BCUT2D eigenvalue weighted by Crippen LogP contribution is 2.44. The molecule has 13 nitrogen and oxygen atoms in total. The lowest BCUT2D eigenvalue weighted by Crippen LogP contribution is -2.46. The normalized spacial score (nSPS) is 12.8. The van der Waals surface area contributed by atoms with E-state index in [9.17, 15) is 24.3 Å². The summed E-state index contributed by atoms with van der Waals surface area (Å²) in [6.45, 7) is 5.17. The van der Waals surface area contributed by atoms with Crippen molar-refractivity contribution in [2.75, 3.05) is 52.2 Å². The second-order valence-electron chi connectivity index (χ2n) is 7.99. The first-order valence-corrected chi connectivity index (χ1v) is 10.8. The van der Waals surface area contributed by atoms with Gasteiger partial charge in [0.15, 0.2) is 5.75 Å². The number of carbonyl (C=O) groups is 2. The first kappa shape index (κ1) is 24.2. The summed E-state index contributed by atoms with van der Waals surface area (Å²) < 4.78 is 0. The minimum absolute atomic E-state index is 0.0447. The summed E-state index contributed by atoms with van der Waals surface area (Å²) >= 11 is 0. The lowest BCUT2D eigenvalue weighted by molar-refractivity contribution is -0.111. The molecule has 0 saturated carbocycles. The van der Waals surface area contributed by atoms with E-state index >= 15 is 0 Å². The summed E-state index contributed by atoms with van der Waals surface area (Å²) in [5.41, 5.74) is 0.710. The largest absolute Gasteiger partial charge is 0.504 e.